The van der Waals surface area contributed by atoms with E-state index in [1.807, 2.05) is 4.90 Å². The third-order valence-electron chi connectivity index (χ3n) is 4.85. The van der Waals surface area contributed by atoms with E-state index in [9.17, 15) is 9.18 Å². The molecule has 114 valence electrons. The molecule has 3 rings (SSSR count). The van der Waals surface area contributed by atoms with Gasteiger partial charge in [0.2, 0.25) is 5.91 Å². The van der Waals surface area contributed by atoms with E-state index in [0.717, 1.165) is 18.0 Å². The fourth-order valence-corrected chi connectivity index (χ4v) is 3.48. The van der Waals surface area contributed by atoms with Crippen LogP contribution in [0.4, 0.5) is 4.39 Å². The second-order valence-corrected chi connectivity index (χ2v) is 6.51. The molecule has 1 heterocycles. The lowest BCUT2D eigenvalue weighted by Crippen LogP contribution is -2.35. The van der Waals surface area contributed by atoms with E-state index < -0.39 is 0 Å². The second kappa shape index (κ2) is 6.14. The molecule has 21 heavy (non-hydrogen) atoms. The van der Waals surface area contributed by atoms with E-state index in [-0.39, 0.29) is 17.9 Å². The molecule has 0 spiro atoms. The number of carbonyl (C=O) groups excluding carboxylic acids is 1. The van der Waals surface area contributed by atoms with Crippen molar-refractivity contribution in [3.63, 3.8) is 0 Å². The summed E-state index contributed by atoms with van der Waals surface area (Å²) in [5.41, 5.74) is 0.964. The number of halogens is 1. The molecule has 1 aromatic carbocycles. The van der Waals surface area contributed by atoms with Gasteiger partial charge in [0.1, 0.15) is 12.0 Å². The van der Waals surface area contributed by atoms with Crippen LogP contribution in [0.25, 0.3) is 0 Å². The van der Waals surface area contributed by atoms with Gasteiger partial charge in [0, 0.05) is 6.54 Å². The standard InChI is InChI=1S/C17H23FN2O/c1-12-2-4-13(5-3-12)11-20-16(21)10-19-17(20)14-6-8-15(18)9-7-14/h6-9,12-13,17,19H,2-5,10-11H2,1H3. The minimum atomic E-state index is -0.240. The number of hydrogen-bond donors (Lipinski definition) is 1. The van der Waals surface area contributed by atoms with E-state index in [4.69, 9.17) is 0 Å². The summed E-state index contributed by atoms with van der Waals surface area (Å²) in [5.74, 6) is 1.34. The maximum Gasteiger partial charge on any atom is 0.238 e. The highest BCUT2D eigenvalue weighted by Crippen LogP contribution is 2.31. The van der Waals surface area contributed by atoms with Gasteiger partial charge < -0.3 is 4.90 Å². The van der Waals surface area contributed by atoms with Crippen LogP contribution in [0, 0.1) is 17.7 Å². The summed E-state index contributed by atoms with van der Waals surface area (Å²) in [5, 5.41) is 3.24. The Balaban J connectivity index is 1.69. The van der Waals surface area contributed by atoms with Crippen LogP contribution in [0.5, 0.6) is 0 Å². The topological polar surface area (TPSA) is 32.3 Å². The minimum Gasteiger partial charge on any atom is -0.322 e. The number of nitrogens with one attached hydrogen (secondary N) is 1. The Morgan fingerprint density at radius 3 is 2.52 bits per heavy atom. The average molecular weight is 290 g/mol. The van der Waals surface area contributed by atoms with Crippen molar-refractivity contribution >= 4 is 5.91 Å². The molecule has 1 aliphatic carbocycles. The zero-order valence-electron chi connectivity index (χ0n) is 12.5. The van der Waals surface area contributed by atoms with E-state index in [2.05, 4.69) is 12.2 Å². The fraction of sp³-hybridized carbons (Fsp3) is 0.588. The van der Waals surface area contributed by atoms with Gasteiger partial charge >= 0.3 is 0 Å². The van der Waals surface area contributed by atoms with Gasteiger partial charge in [-0.05, 0) is 42.4 Å². The lowest BCUT2D eigenvalue weighted by atomic mass is 9.82. The lowest BCUT2D eigenvalue weighted by Gasteiger charge is -2.32. The molecule has 2 aliphatic rings. The van der Waals surface area contributed by atoms with E-state index in [1.54, 1.807) is 12.1 Å². The quantitative estimate of drug-likeness (QED) is 0.928. The zero-order chi connectivity index (χ0) is 14.8. The Morgan fingerprint density at radius 1 is 1.19 bits per heavy atom. The van der Waals surface area contributed by atoms with Crippen molar-refractivity contribution in [2.45, 2.75) is 38.8 Å². The molecular weight excluding hydrogens is 267 g/mol. The Morgan fingerprint density at radius 2 is 1.86 bits per heavy atom. The first-order chi connectivity index (χ1) is 10.1. The highest BCUT2D eigenvalue weighted by molar-refractivity contribution is 5.81. The van der Waals surface area contributed by atoms with Crippen molar-refractivity contribution in [2.24, 2.45) is 11.8 Å². The highest BCUT2D eigenvalue weighted by atomic mass is 19.1. The predicted octanol–water partition coefficient (Wildman–Crippen LogP) is 3.08. The van der Waals surface area contributed by atoms with Crippen molar-refractivity contribution in [3.8, 4) is 0 Å². The Labute approximate surface area is 125 Å². The summed E-state index contributed by atoms with van der Waals surface area (Å²) in [6.45, 7) is 3.51. The van der Waals surface area contributed by atoms with Gasteiger partial charge in [-0.15, -0.1) is 0 Å². The second-order valence-electron chi connectivity index (χ2n) is 6.51. The van der Waals surface area contributed by atoms with Gasteiger partial charge in [-0.1, -0.05) is 31.9 Å². The average Bonchev–Trinajstić information content (AvgIpc) is 2.84. The van der Waals surface area contributed by atoms with E-state index in [1.165, 1.54) is 37.8 Å². The molecule has 1 aromatic rings. The van der Waals surface area contributed by atoms with Crippen LogP contribution < -0.4 is 5.32 Å². The van der Waals surface area contributed by atoms with E-state index >= 15 is 0 Å². The van der Waals surface area contributed by atoms with Crippen molar-refractivity contribution in [2.75, 3.05) is 13.1 Å². The van der Waals surface area contributed by atoms with Crippen LogP contribution in [-0.2, 0) is 4.79 Å². The fourth-order valence-electron chi connectivity index (χ4n) is 3.48. The Kier molecular flexibility index (Phi) is 4.24. The van der Waals surface area contributed by atoms with Crippen LogP contribution in [0.3, 0.4) is 0 Å². The monoisotopic (exact) mass is 290 g/mol. The molecular formula is C17H23FN2O. The number of hydrogen-bond acceptors (Lipinski definition) is 2. The first-order valence-electron chi connectivity index (χ1n) is 7.92. The van der Waals surface area contributed by atoms with Gasteiger partial charge in [0.25, 0.3) is 0 Å². The maximum absolute atomic E-state index is 13.1. The van der Waals surface area contributed by atoms with Crippen LogP contribution >= 0.6 is 0 Å². The van der Waals surface area contributed by atoms with Crippen LogP contribution in [0.15, 0.2) is 24.3 Å². The number of rotatable bonds is 3. The SMILES string of the molecule is CC1CCC(CN2C(=O)CNC2c2ccc(F)cc2)CC1. The molecule has 1 saturated heterocycles. The molecule has 1 saturated carbocycles. The third-order valence-corrected chi connectivity index (χ3v) is 4.85. The summed E-state index contributed by atoms with van der Waals surface area (Å²) in [4.78, 5) is 14.1. The number of nitrogens with zero attached hydrogens (tertiary/aromatic N) is 1. The van der Waals surface area contributed by atoms with Crippen molar-refractivity contribution in [3.05, 3.63) is 35.6 Å². The number of amides is 1. The molecule has 0 radical (unpaired) electrons. The molecule has 3 nitrogen and oxygen atoms in total. The van der Waals surface area contributed by atoms with Gasteiger partial charge in [-0.25, -0.2) is 4.39 Å². The van der Waals surface area contributed by atoms with Crippen molar-refractivity contribution in [1.29, 1.82) is 0 Å². The molecule has 1 N–H and O–H groups in total. The Hall–Kier alpha value is -1.42. The van der Waals surface area contributed by atoms with Crippen molar-refractivity contribution in [1.82, 2.24) is 10.2 Å². The number of benzene rings is 1. The summed E-state index contributed by atoms with van der Waals surface area (Å²) < 4.78 is 13.1. The first kappa shape index (κ1) is 14.5. The minimum absolute atomic E-state index is 0.0996. The Bertz CT molecular complexity index is 494. The lowest BCUT2D eigenvalue weighted by molar-refractivity contribution is -0.128. The largest absolute Gasteiger partial charge is 0.322 e. The van der Waals surface area contributed by atoms with Gasteiger partial charge in [0.05, 0.1) is 6.54 Å². The summed E-state index contributed by atoms with van der Waals surface area (Å²) in [6.07, 6.45) is 4.85. The molecule has 2 fully saturated rings. The van der Waals surface area contributed by atoms with Crippen LogP contribution in [-0.4, -0.2) is 23.9 Å². The van der Waals surface area contributed by atoms with Crippen molar-refractivity contribution < 1.29 is 9.18 Å². The normalized spacial score (nSPS) is 29.9. The predicted molar refractivity (Wildman–Crippen MR) is 80.0 cm³/mol. The van der Waals surface area contributed by atoms with E-state index in [0.29, 0.717) is 12.5 Å². The van der Waals surface area contributed by atoms with Gasteiger partial charge in [-0.3, -0.25) is 10.1 Å². The maximum atomic E-state index is 13.1. The molecule has 0 aromatic heterocycles. The molecule has 1 unspecified atom stereocenters. The summed E-state index contributed by atoms with van der Waals surface area (Å²) in [6, 6.07) is 6.45. The third kappa shape index (κ3) is 3.26. The molecule has 0 bridgehead atoms. The molecule has 1 aliphatic heterocycles. The van der Waals surface area contributed by atoms with Crippen LogP contribution in [0.1, 0.15) is 44.3 Å². The number of carbonyl (C=O) groups is 1. The molecule has 1 atom stereocenters. The molecule has 1 amide bonds. The smallest absolute Gasteiger partial charge is 0.238 e. The highest BCUT2D eigenvalue weighted by Gasteiger charge is 2.33. The van der Waals surface area contributed by atoms with Gasteiger partial charge in [-0.2, -0.15) is 0 Å². The van der Waals surface area contributed by atoms with Gasteiger partial charge in [0.15, 0.2) is 0 Å². The first-order valence-corrected chi connectivity index (χ1v) is 7.92. The molecule has 4 heteroatoms. The summed E-state index contributed by atoms with van der Waals surface area (Å²) >= 11 is 0. The summed E-state index contributed by atoms with van der Waals surface area (Å²) in [7, 11) is 0. The van der Waals surface area contributed by atoms with Crippen LogP contribution in [0.2, 0.25) is 0 Å². The zero-order valence-corrected chi connectivity index (χ0v) is 12.5.